The molecule has 7 heteroatoms. The summed E-state index contributed by atoms with van der Waals surface area (Å²) in [4.78, 5) is 6.77. The summed E-state index contributed by atoms with van der Waals surface area (Å²) in [5, 5.41) is 3.08. The molecule has 0 amide bonds. The quantitative estimate of drug-likeness (QED) is 0.556. The molecule has 0 saturated heterocycles. The molecule has 3 N–H and O–H groups in total. The monoisotopic (exact) mass is 246 g/mol. The molecular weight excluding hydrogens is 228 g/mol. The van der Waals surface area contributed by atoms with Crippen molar-refractivity contribution >= 4 is 10.0 Å². The Morgan fingerprint density at radius 3 is 2.94 bits per heavy atom. The Labute approximate surface area is 95.9 Å². The molecule has 0 atom stereocenters. The lowest BCUT2D eigenvalue weighted by molar-refractivity contribution is 0.574. The standard InChI is InChI=1S/C9H18N4O2S/c1-2-10-4-3-7-16(14,15)13-8-9-11-5-6-12-9/h5-6,10,13H,2-4,7-8H2,1H3,(H,11,12). The first-order valence-corrected chi connectivity index (χ1v) is 6.95. The number of sulfonamides is 1. The Morgan fingerprint density at radius 2 is 2.31 bits per heavy atom. The van der Waals surface area contributed by atoms with Crippen molar-refractivity contribution in [2.24, 2.45) is 0 Å². The number of nitrogens with one attached hydrogen (secondary N) is 3. The number of aromatic nitrogens is 2. The van der Waals surface area contributed by atoms with Crippen molar-refractivity contribution in [2.45, 2.75) is 19.9 Å². The summed E-state index contributed by atoms with van der Waals surface area (Å²) in [7, 11) is -3.19. The van der Waals surface area contributed by atoms with Gasteiger partial charge in [-0.15, -0.1) is 0 Å². The third kappa shape index (κ3) is 5.24. The maximum Gasteiger partial charge on any atom is 0.212 e. The zero-order valence-electron chi connectivity index (χ0n) is 9.36. The first-order valence-electron chi connectivity index (χ1n) is 5.30. The van der Waals surface area contributed by atoms with Gasteiger partial charge in [0.15, 0.2) is 0 Å². The molecule has 16 heavy (non-hydrogen) atoms. The van der Waals surface area contributed by atoms with Crippen LogP contribution in [0.25, 0.3) is 0 Å². The number of nitrogens with zero attached hydrogens (tertiary/aromatic N) is 1. The SMILES string of the molecule is CCNCCCS(=O)(=O)NCc1ncc[nH]1. The van der Waals surface area contributed by atoms with Crippen LogP contribution in [-0.4, -0.2) is 37.2 Å². The van der Waals surface area contributed by atoms with E-state index >= 15 is 0 Å². The summed E-state index contributed by atoms with van der Waals surface area (Å²) in [6.45, 7) is 3.79. The van der Waals surface area contributed by atoms with Crippen LogP contribution in [0, 0.1) is 0 Å². The molecule has 0 aliphatic heterocycles. The van der Waals surface area contributed by atoms with E-state index in [4.69, 9.17) is 0 Å². The molecule has 0 aliphatic carbocycles. The van der Waals surface area contributed by atoms with Gasteiger partial charge < -0.3 is 10.3 Å². The van der Waals surface area contributed by atoms with Gasteiger partial charge in [0.25, 0.3) is 0 Å². The third-order valence-electron chi connectivity index (χ3n) is 2.03. The normalized spacial score (nSPS) is 11.8. The van der Waals surface area contributed by atoms with Crippen LogP contribution in [0.1, 0.15) is 19.2 Å². The van der Waals surface area contributed by atoms with E-state index in [0.29, 0.717) is 12.2 Å². The van der Waals surface area contributed by atoms with Gasteiger partial charge in [0.2, 0.25) is 10.0 Å². The van der Waals surface area contributed by atoms with Gasteiger partial charge in [-0.3, -0.25) is 0 Å². The van der Waals surface area contributed by atoms with Gasteiger partial charge in [-0.2, -0.15) is 0 Å². The summed E-state index contributed by atoms with van der Waals surface area (Å²) >= 11 is 0. The fourth-order valence-electron chi connectivity index (χ4n) is 1.21. The highest BCUT2D eigenvalue weighted by molar-refractivity contribution is 7.89. The lowest BCUT2D eigenvalue weighted by Crippen LogP contribution is -2.28. The van der Waals surface area contributed by atoms with Crippen LogP contribution < -0.4 is 10.0 Å². The van der Waals surface area contributed by atoms with E-state index in [0.717, 1.165) is 13.1 Å². The molecule has 1 rings (SSSR count). The van der Waals surface area contributed by atoms with Crippen molar-refractivity contribution in [1.29, 1.82) is 0 Å². The molecule has 0 saturated carbocycles. The molecular formula is C9H18N4O2S. The molecule has 0 unspecified atom stereocenters. The van der Waals surface area contributed by atoms with Gasteiger partial charge in [-0.1, -0.05) is 6.92 Å². The van der Waals surface area contributed by atoms with Gasteiger partial charge in [-0.25, -0.2) is 18.1 Å². The maximum atomic E-state index is 11.5. The van der Waals surface area contributed by atoms with Crippen LogP contribution in [0.5, 0.6) is 0 Å². The van der Waals surface area contributed by atoms with Crippen LogP contribution in [-0.2, 0) is 16.6 Å². The fraction of sp³-hybridized carbons (Fsp3) is 0.667. The summed E-state index contributed by atoms with van der Waals surface area (Å²) in [5.74, 6) is 0.760. The topological polar surface area (TPSA) is 86.9 Å². The minimum atomic E-state index is -3.19. The van der Waals surface area contributed by atoms with Gasteiger partial charge >= 0.3 is 0 Å². The van der Waals surface area contributed by atoms with Crippen molar-refractivity contribution in [3.05, 3.63) is 18.2 Å². The van der Waals surface area contributed by atoms with E-state index in [9.17, 15) is 8.42 Å². The molecule has 0 radical (unpaired) electrons. The Bertz CT molecular complexity index is 374. The fourth-order valence-corrected chi connectivity index (χ4v) is 2.23. The van der Waals surface area contributed by atoms with Crippen molar-refractivity contribution < 1.29 is 8.42 Å². The summed E-state index contributed by atoms with van der Waals surface area (Å²) < 4.78 is 25.5. The van der Waals surface area contributed by atoms with Gasteiger partial charge in [0.05, 0.1) is 12.3 Å². The molecule has 0 bridgehead atoms. The Balaban J connectivity index is 2.23. The second kappa shape index (κ2) is 6.62. The average molecular weight is 246 g/mol. The van der Waals surface area contributed by atoms with Gasteiger partial charge in [0, 0.05) is 12.4 Å². The van der Waals surface area contributed by atoms with Gasteiger partial charge in [0.1, 0.15) is 5.82 Å². The predicted molar refractivity (Wildman–Crippen MR) is 62.4 cm³/mol. The van der Waals surface area contributed by atoms with Crippen LogP contribution in [0.4, 0.5) is 0 Å². The van der Waals surface area contributed by atoms with E-state index in [1.54, 1.807) is 12.4 Å². The second-order valence-electron chi connectivity index (χ2n) is 3.38. The molecule has 1 aromatic rings. The number of hydrogen-bond donors (Lipinski definition) is 3. The Kier molecular flexibility index (Phi) is 5.44. The second-order valence-corrected chi connectivity index (χ2v) is 5.31. The molecule has 0 spiro atoms. The van der Waals surface area contributed by atoms with Crippen molar-refractivity contribution in [3.8, 4) is 0 Å². The maximum absolute atomic E-state index is 11.5. The minimum Gasteiger partial charge on any atom is -0.347 e. The van der Waals surface area contributed by atoms with E-state index < -0.39 is 10.0 Å². The highest BCUT2D eigenvalue weighted by atomic mass is 32.2. The largest absolute Gasteiger partial charge is 0.347 e. The first kappa shape index (κ1) is 13.1. The molecule has 0 aliphatic rings. The van der Waals surface area contributed by atoms with Crippen LogP contribution in [0.3, 0.4) is 0 Å². The molecule has 6 nitrogen and oxygen atoms in total. The third-order valence-corrected chi connectivity index (χ3v) is 3.44. The predicted octanol–water partition coefficient (Wildman–Crippen LogP) is -0.171. The van der Waals surface area contributed by atoms with Crippen LogP contribution in [0.15, 0.2) is 12.4 Å². The van der Waals surface area contributed by atoms with Gasteiger partial charge in [-0.05, 0) is 19.5 Å². The molecule has 1 aromatic heterocycles. The van der Waals surface area contributed by atoms with Crippen LogP contribution in [0.2, 0.25) is 0 Å². The lowest BCUT2D eigenvalue weighted by atomic mass is 10.5. The highest BCUT2D eigenvalue weighted by Crippen LogP contribution is 1.93. The first-order chi connectivity index (χ1) is 7.64. The van der Waals surface area contributed by atoms with E-state index in [2.05, 4.69) is 20.0 Å². The number of H-pyrrole nitrogens is 1. The number of aromatic amines is 1. The molecule has 0 fully saturated rings. The lowest BCUT2D eigenvalue weighted by Gasteiger charge is -2.05. The molecule has 0 aromatic carbocycles. The van der Waals surface area contributed by atoms with Crippen molar-refractivity contribution in [1.82, 2.24) is 20.0 Å². The van der Waals surface area contributed by atoms with Crippen LogP contribution >= 0.6 is 0 Å². The number of imidazole rings is 1. The highest BCUT2D eigenvalue weighted by Gasteiger charge is 2.09. The Hall–Kier alpha value is -0.920. The van der Waals surface area contributed by atoms with E-state index in [-0.39, 0.29) is 12.3 Å². The summed E-state index contributed by atoms with van der Waals surface area (Å²) in [6, 6.07) is 0. The zero-order valence-corrected chi connectivity index (χ0v) is 10.2. The average Bonchev–Trinajstić information content (AvgIpc) is 2.75. The molecule has 1 heterocycles. The zero-order chi connectivity index (χ0) is 11.9. The smallest absolute Gasteiger partial charge is 0.212 e. The number of hydrogen-bond acceptors (Lipinski definition) is 4. The van der Waals surface area contributed by atoms with E-state index in [1.165, 1.54) is 0 Å². The van der Waals surface area contributed by atoms with Crippen molar-refractivity contribution in [2.75, 3.05) is 18.8 Å². The Morgan fingerprint density at radius 1 is 1.50 bits per heavy atom. The minimum absolute atomic E-state index is 0.140. The van der Waals surface area contributed by atoms with Crippen molar-refractivity contribution in [3.63, 3.8) is 0 Å². The van der Waals surface area contributed by atoms with E-state index in [1.807, 2.05) is 6.92 Å². The summed E-state index contributed by atoms with van der Waals surface area (Å²) in [5.41, 5.74) is 0. The molecule has 92 valence electrons. The summed E-state index contributed by atoms with van der Waals surface area (Å²) in [6.07, 6.45) is 3.87. The number of rotatable bonds is 8.